The quantitative estimate of drug-likeness (QED) is 0.821. The van der Waals surface area contributed by atoms with Crippen LogP contribution in [0.15, 0.2) is 0 Å². The van der Waals surface area contributed by atoms with Crippen molar-refractivity contribution in [3.05, 3.63) is 0 Å². The van der Waals surface area contributed by atoms with Crippen molar-refractivity contribution < 1.29 is 19.4 Å². The van der Waals surface area contributed by atoms with Crippen molar-refractivity contribution in [1.29, 1.82) is 0 Å². The molecule has 0 aromatic carbocycles. The number of carboxylic acid groups (broad SMARTS) is 1. The fourth-order valence-electron chi connectivity index (χ4n) is 0.968. The Hall–Kier alpha value is -0.910. The molecule has 0 bridgehead atoms. The van der Waals surface area contributed by atoms with E-state index in [0.717, 1.165) is 4.90 Å². The highest BCUT2D eigenvalue weighted by molar-refractivity contribution is 7.98. The molecule has 1 amide bonds. The average molecular weight is 249 g/mol. The van der Waals surface area contributed by atoms with Gasteiger partial charge in [0.25, 0.3) is 0 Å². The van der Waals surface area contributed by atoms with Crippen molar-refractivity contribution in [3.8, 4) is 0 Å². The van der Waals surface area contributed by atoms with Crippen LogP contribution in [0.25, 0.3) is 0 Å². The third-order valence-electron chi connectivity index (χ3n) is 1.76. The molecule has 0 aliphatic carbocycles. The lowest BCUT2D eigenvalue weighted by atomic mass is 10.2. The summed E-state index contributed by atoms with van der Waals surface area (Å²) < 4.78 is 5.09. The molecule has 0 aromatic heterocycles. The van der Waals surface area contributed by atoms with Crippen LogP contribution in [0, 0.1) is 0 Å². The largest absolute Gasteiger partial charge is 0.480 e. The maximum atomic E-state index is 11.6. The highest BCUT2D eigenvalue weighted by atomic mass is 32.2. The number of hydrogen-bond donors (Lipinski definition) is 1. The Morgan fingerprint density at radius 1 is 1.44 bits per heavy atom. The lowest BCUT2D eigenvalue weighted by molar-refractivity contribution is -0.141. The molecule has 0 spiro atoms. The fraction of sp³-hybridized carbons (Fsp3) is 0.800. The van der Waals surface area contributed by atoms with E-state index in [1.165, 1.54) is 18.8 Å². The topological polar surface area (TPSA) is 66.8 Å². The molecule has 0 aromatic rings. The molecule has 94 valence electrons. The van der Waals surface area contributed by atoms with Crippen LogP contribution < -0.4 is 0 Å². The van der Waals surface area contributed by atoms with Gasteiger partial charge in [0, 0.05) is 12.8 Å². The number of carbonyl (C=O) groups excluding carboxylic acids is 1. The SMILES string of the molecule is CSC[C@H](C(=O)O)N(C)C(=O)OC(C)(C)C. The van der Waals surface area contributed by atoms with Crippen LogP contribution in [0.3, 0.4) is 0 Å². The van der Waals surface area contributed by atoms with Crippen molar-refractivity contribution in [2.45, 2.75) is 32.4 Å². The van der Waals surface area contributed by atoms with Gasteiger partial charge in [-0.2, -0.15) is 11.8 Å². The first-order valence-electron chi connectivity index (χ1n) is 4.86. The smallest absolute Gasteiger partial charge is 0.410 e. The van der Waals surface area contributed by atoms with Crippen molar-refractivity contribution in [2.75, 3.05) is 19.1 Å². The van der Waals surface area contributed by atoms with Crippen LogP contribution >= 0.6 is 11.8 Å². The minimum absolute atomic E-state index is 0.338. The summed E-state index contributed by atoms with van der Waals surface area (Å²) in [4.78, 5) is 23.7. The molecule has 0 heterocycles. The van der Waals surface area contributed by atoms with Gasteiger partial charge in [0.15, 0.2) is 0 Å². The van der Waals surface area contributed by atoms with Crippen LogP contribution in [0.5, 0.6) is 0 Å². The second kappa shape index (κ2) is 5.98. The van der Waals surface area contributed by atoms with E-state index in [4.69, 9.17) is 9.84 Å². The van der Waals surface area contributed by atoms with E-state index in [0.29, 0.717) is 5.75 Å². The molecule has 0 unspecified atom stereocenters. The molecule has 0 aliphatic heterocycles. The summed E-state index contributed by atoms with van der Waals surface area (Å²) in [5.41, 5.74) is -0.617. The highest BCUT2D eigenvalue weighted by Crippen LogP contribution is 2.12. The Morgan fingerprint density at radius 2 is 1.94 bits per heavy atom. The zero-order chi connectivity index (χ0) is 12.9. The fourth-order valence-corrected chi connectivity index (χ4v) is 1.65. The first-order valence-corrected chi connectivity index (χ1v) is 6.26. The molecule has 0 fully saturated rings. The Balaban J connectivity index is 4.55. The van der Waals surface area contributed by atoms with Crippen LogP contribution in [-0.4, -0.2) is 52.8 Å². The van der Waals surface area contributed by atoms with E-state index in [-0.39, 0.29) is 0 Å². The first-order chi connectivity index (χ1) is 7.19. The van der Waals surface area contributed by atoms with Crippen LogP contribution in [0.4, 0.5) is 4.79 Å². The van der Waals surface area contributed by atoms with Gasteiger partial charge in [0.2, 0.25) is 0 Å². The molecular formula is C10H19NO4S. The van der Waals surface area contributed by atoms with Crippen LogP contribution in [0.1, 0.15) is 20.8 Å². The summed E-state index contributed by atoms with van der Waals surface area (Å²) in [6.07, 6.45) is 1.17. The van der Waals surface area contributed by atoms with Gasteiger partial charge in [-0.3, -0.25) is 4.90 Å². The van der Waals surface area contributed by atoms with Crippen LogP contribution in [-0.2, 0) is 9.53 Å². The summed E-state index contributed by atoms with van der Waals surface area (Å²) in [6, 6.07) is -0.857. The van der Waals surface area contributed by atoms with Crippen molar-refractivity contribution >= 4 is 23.8 Å². The summed E-state index contributed by atoms with van der Waals surface area (Å²) in [5, 5.41) is 8.96. The molecular weight excluding hydrogens is 230 g/mol. The lowest BCUT2D eigenvalue weighted by Crippen LogP contribution is -2.46. The van der Waals surface area contributed by atoms with Crippen molar-refractivity contribution in [1.82, 2.24) is 4.90 Å². The summed E-state index contributed by atoms with van der Waals surface area (Å²) in [7, 11) is 1.43. The molecule has 0 aliphatic rings. The predicted molar refractivity (Wildman–Crippen MR) is 63.8 cm³/mol. The Labute approximate surface area is 100 Å². The Kier molecular flexibility index (Phi) is 5.64. The number of rotatable bonds is 4. The van der Waals surface area contributed by atoms with Crippen LogP contribution in [0.2, 0.25) is 0 Å². The van der Waals surface area contributed by atoms with E-state index in [1.807, 2.05) is 0 Å². The van der Waals surface area contributed by atoms with E-state index < -0.39 is 23.7 Å². The molecule has 6 heteroatoms. The van der Waals surface area contributed by atoms with Crippen molar-refractivity contribution in [2.24, 2.45) is 0 Å². The zero-order valence-electron chi connectivity index (χ0n) is 10.3. The maximum absolute atomic E-state index is 11.6. The van der Waals surface area contributed by atoms with Gasteiger partial charge in [-0.1, -0.05) is 0 Å². The number of thioether (sulfide) groups is 1. The molecule has 0 radical (unpaired) electrons. The predicted octanol–water partition coefficient (Wildman–Crippen LogP) is 1.67. The number of carboxylic acids is 1. The second-order valence-electron chi connectivity index (χ2n) is 4.40. The Bertz CT molecular complexity index is 262. The van der Waals surface area contributed by atoms with E-state index >= 15 is 0 Å². The number of ether oxygens (including phenoxy) is 1. The molecule has 16 heavy (non-hydrogen) atoms. The molecule has 1 N–H and O–H groups in total. The molecule has 1 atom stereocenters. The normalized spacial score (nSPS) is 13.1. The highest BCUT2D eigenvalue weighted by Gasteiger charge is 2.29. The number of amides is 1. The summed E-state index contributed by atoms with van der Waals surface area (Å²) >= 11 is 1.37. The van der Waals surface area contributed by atoms with Gasteiger partial charge in [-0.05, 0) is 27.0 Å². The van der Waals surface area contributed by atoms with E-state index in [2.05, 4.69) is 0 Å². The number of nitrogens with zero attached hydrogens (tertiary/aromatic N) is 1. The number of likely N-dealkylation sites (N-methyl/N-ethyl adjacent to an activating group) is 1. The minimum Gasteiger partial charge on any atom is -0.480 e. The monoisotopic (exact) mass is 249 g/mol. The number of aliphatic carboxylic acids is 1. The Morgan fingerprint density at radius 3 is 2.25 bits per heavy atom. The first kappa shape index (κ1) is 15.1. The van der Waals surface area contributed by atoms with Crippen molar-refractivity contribution in [3.63, 3.8) is 0 Å². The average Bonchev–Trinajstić information content (AvgIpc) is 2.09. The van der Waals surface area contributed by atoms with Gasteiger partial charge in [-0.15, -0.1) is 0 Å². The maximum Gasteiger partial charge on any atom is 0.410 e. The molecule has 5 nitrogen and oxygen atoms in total. The third kappa shape index (κ3) is 5.25. The van der Waals surface area contributed by atoms with Gasteiger partial charge in [0.1, 0.15) is 11.6 Å². The third-order valence-corrected chi connectivity index (χ3v) is 2.41. The van der Waals surface area contributed by atoms with Gasteiger partial charge >= 0.3 is 12.1 Å². The van der Waals surface area contributed by atoms with E-state index in [1.54, 1.807) is 27.0 Å². The van der Waals surface area contributed by atoms with Gasteiger partial charge in [0.05, 0.1) is 0 Å². The summed E-state index contributed by atoms with van der Waals surface area (Å²) in [6.45, 7) is 5.22. The van der Waals surface area contributed by atoms with E-state index in [9.17, 15) is 9.59 Å². The molecule has 0 saturated carbocycles. The number of carbonyl (C=O) groups is 2. The minimum atomic E-state index is -1.03. The van der Waals surface area contributed by atoms with Gasteiger partial charge < -0.3 is 9.84 Å². The molecule has 0 rings (SSSR count). The van der Waals surface area contributed by atoms with Gasteiger partial charge in [-0.25, -0.2) is 9.59 Å². The molecule has 0 saturated heterocycles. The summed E-state index contributed by atoms with van der Waals surface area (Å²) in [5.74, 6) is -0.687. The second-order valence-corrected chi connectivity index (χ2v) is 5.31. The lowest BCUT2D eigenvalue weighted by Gasteiger charge is -2.28. The number of hydrogen-bond acceptors (Lipinski definition) is 4. The standard InChI is InChI=1S/C10H19NO4S/c1-10(2,3)15-9(14)11(4)7(6-16-5)8(12)13/h7H,6H2,1-5H3,(H,12,13)/t7-/m1/s1. The zero-order valence-corrected chi connectivity index (χ0v) is 11.1.